The van der Waals surface area contributed by atoms with Crippen molar-refractivity contribution in [3.63, 3.8) is 0 Å². The third kappa shape index (κ3) is 6.46. The maximum atomic E-state index is 12.0. The Morgan fingerprint density at radius 1 is 1.23 bits per heavy atom. The normalized spacial score (nSPS) is 11.2. The maximum Gasteiger partial charge on any atom is 0.244 e. The summed E-state index contributed by atoms with van der Waals surface area (Å²) in [6.07, 6.45) is 0. The van der Waals surface area contributed by atoms with Crippen LogP contribution in [0.25, 0.3) is 0 Å². The van der Waals surface area contributed by atoms with Gasteiger partial charge in [0.25, 0.3) is 0 Å². The number of hydrogen-bond acceptors (Lipinski definition) is 3. The maximum absolute atomic E-state index is 12.0. The molecule has 0 heterocycles. The molecular formula is C15H20Cl2N2O2S. The lowest BCUT2D eigenvalue weighted by atomic mass is 10.3. The average molecular weight is 363 g/mol. The van der Waals surface area contributed by atoms with E-state index in [0.29, 0.717) is 21.5 Å². The molecule has 0 radical (unpaired) electrons. The fourth-order valence-electron chi connectivity index (χ4n) is 1.49. The molecule has 122 valence electrons. The van der Waals surface area contributed by atoms with Gasteiger partial charge in [0.15, 0.2) is 0 Å². The molecule has 1 aromatic rings. The molecule has 0 aromatic heterocycles. The summed E-state index contributed by atoms with van der Waals surface area (Å²) in [7, 11) is 1.60. The number of carbonyl (C=O) groups is 2. The van der Waals surface area contributed by atoms with Gasteiger partial charge in [-0.15, -0.1) is 11.8 Å². The highest BCUT2D eigenvalue weighted by molar-refractivity contribution is 8.01. The first kappa shape index (κ1) is 19.1. The molecule has 0 atom stereocenters. The van der Waals surface area contributed by atoms with Crippen LogP contribution in [0.15, 0.2) is 18.2 Å². The summed E-state index contributed by atoms with van der Waals surface area (Å²) < 4.78 is 0.00382. The molecule has 22 heavy (non-hydrogen) atoms. The Morgan fingerprint density at radius 2 is 1.77 bits per heavy atom. The first-order valence-electron chi connectivity index (χ1n) is 6.72. The van der Waals surface area contributed by atoms with Crippen molar-refractivity contribution in [1.29, 1.82) is 0 Å². The van der Waals surface area contributed by atoms with Gasteiger partial charge < -0.3 is 10.2 Å². The minimum atomic E-state index is -0.341. The van der Waals surface area contributed by atoms with Crippen molar-refractivity contribution in [2.45, 2.75) is 25.5 Å². The second kappa shape index (κ2) is 8.09. The van der Waals surface area contributed by atoms with E-state index in [0.717, 1.165) is 0 Å². The highest BCUT2D eigenvalue weighted by atomic mass is 35.5. The highest BCUT2D eigenvalue weighted by Crippen LogP contribution is 2.29. The smallest absolute Gasteiger partial charge is 0.244 e. The van der Waals surface area contributed by atoms with Crippen molar-refractivity contribution in [2.75, 3.05) is 24.7 Å². The molecule has 0 aliphatic rings. The fourth-order valence-corrected chi connectivity index (χ4v) is 2.76. The molecular weight excluding hydrogens is 343 g/mol. The number of likely N-dealkylation sites (N-methyl/N-ethyl adjacent to an activating group) is 1. The largest absolute Gasteiger partial charge is 0.336 e. The van der Waals surface area contributed by atoms with Crippen LogP contribution in [0.2, 0.25) is 10.0 Å². The van der Waals surface area contributed by atoms with Gasteiger partial charge in [0.05, 0.1) is 28.0 Å². The minimum Gasteiger partial charge on any atom is -0.336 e. The Hall–Kier alpha value is -0.910. The molecule has 7 heteroatoms. The molecule has 2 amide bonds. The van der Waals surface area contributed by atoms with Crippen molar-refractivity contribution in [3.8, 4) is 0 Å². The molecule has 0 spiro atoms. The van der Waals surface area contributed by atoms with Crippen LogP contribution < -0.4 is 5.32 Å². The lowest BCUT2D eigenvalue weighted by Crippen LogP contribution is -2.36. The highest BCUT2D eigenvalue weighted by Gasteiger charge is 2.18. The van der Waals surface area contributed by atoms with Crippen molar-refractivity contribution in [1.82, 2.24) is 4.90 Å². The molecule has 0 aliphatic carbocycles. The monoisotopic (exact) mass is 362 g/mol. The summed E-state index contributed by atoms with van der Waals surface area (Å²) >= 11 is 13.5. The number of nitrogens with one attached hydrogen (secondary N) is 1. The van der Waals surface area contributed by atoms with E-state index < -0.39 is 0 Å². The summed E-state index contributed by atoms with van der Waals surface area (Å²) in [5.41, 5.74) is 0.362. The number of hydrogen-bond donors (Lipinski definition) is 1. The molecule has 1 rings (SSSR count). The molecule has 1 N–H and O–H groups in total. The molecule has 1 aromatic carbocycles. The number of anilines is 1. The minimum absolute atomic E-state index is 0.00382. The van der Waals surface area contributed by atoms with Gasteiger partial charge >= 0.3 is 0 Å². The Labute approximate surface area is 145 Å². The Balaban J connectivity index is 2.56. The summed E-state index contributed by atoms with van der Waals surface area (Å²) in [6, 6.07) is 4.97. The molecule has 0 saturated carbocycles. The van der Waals surface area contributed by atoms with E-state index in [-0.39, 0.29) is 23.1 Å². The van der Waals surface area contributed by atoms with Crippen LogP contribution in [0.1, 0.15) is 20.8 Å². The van der Waals surface area contributed by atoms with Gasteiger partial charge in [-0.2, -0.15) is 0 Å². The van der Waals surface area contributed by atoms with Gasteiger partial charge in [-0.25, -0.2) is 0 Å². The zero-order chi connectivity index (χ0) is 16.9. The van der Waals surface area contributed by atoms with Crippen molar-refractivity contribution >= 4 is 52.5 Å². The van der Waals surface area contributed by atoms with Crippen molar-refractivity contribution in [2.24, 2.45) is 0 Å². The predicted molar refractivity (Wildman–Crippen MR) is 94.9 cm³/mol. The van der Waals surface area contributed by atoms with Crippen LogP contribution in [-0.2, 0) is 9.59 Å². The van der Waals surface area contributed by atoms with Crippen molar-refractivity contribution < 1.29 is 9.59 Å². The number of para-hydroxylation sites is 1. The first-order valence-corrected chi connectivity index (χ1v) is 8.46. The first-order chi connectivity index (χ1) is 10.1. The quantitative estimate of drug-likeness (QED) is 0.863. The number of amides is 2. The number of carbonyl (C=O) groups excluding carboxylic acids is 2. The molecule has 0 aliphatic heterocycles. The topological polar surface area (TPSA) is 49.4 Å². The standard InChI is InChI=1S/C15H20Cl2N2O2S/c1-15(2,3)22-9-13(21)19(4)8-12(20)18-14-10(16)6-5-7-11(14)17/h5-7H,8-9H2,1-4H3,(H,18,20). The molecule has 4 nitrogen and oxygen atoms in total. The number of rotatable bonds is 5. The number of benzene rings is 1. The lowest BCUT2D eigenvalue weighted by Gasteiger charge is -2.21. The van der Waals surface area contributed by atoms with Gasteiger partial charge in [0, 0.05) is 11.8 Å². The summed E-state index contributed by atoms with van der Waals surface area (Å²) in [5, 5.41) is 3.35. The van der Waals surface area contributed by atoms with Crippen LogP contribution in [0.4, 0.5) is 5.69 Å². The zero-order valence-electron chi connectivity index (χ0n) is 13.1. The Morgan fingerprint density at radius 3 is 2.27 bits per heavy atom. The summed E-state index contributed by atoms with van der Waals surface area (Å²) in [4.78, 5) is 25.4. The van der Waals surface area contributed by atoms with E-state index in [2.05, 4.69) is 5.32 Å². The Kier molecular flexibility index (Phi) is 7.03. The van der Waals surface area contributed by atoms with E-state index in [1.807, 2.05) is 20.8 Å². The van der Waals surface area contributed by atoms with E-state index in [4.69, 9.17) is 23.2 Å². The van der Waals surface area contributed by atoms with Gasteiger partial charge in [-0.1, -0.05) is 50.0 Å². The third-order valence-electron chi connectivity index (χ3n) is 2.66. The van der Waals surface area contributed by atoms with E-state index in [9.17, 15) is 9.59 Å². The fraction of sp³-hybridized carbons (Fsp3) is 0.467. The van der Waals surface area contributed by atoms with Crippen molar-refractivity contribution in [3.05, 3.63) is 28.2 Å². The summed E-state index contributed by atoms with van der Waals surface area (Å²) in [6.45, 7) is 6.07. The Bertz CT molecular complexity index is 539. The lowest BCUT2D eigenvalue weighted by molar-refractivity contribution is -0.131. The van der Waals surface area contributed by atoms with Crippen LogP contribution in [0.3, 0.4) is 0 Å². The van der Waals surface area contributed by atoms with Gasteiger partial charge in [0.2, 0.25) is 11.8 Å². The SMILES string of the molecule is CN(CC(=O)Nc1c(Cl)cccc1Cl)C(=O)CSC(C)(C)C. The molecule has 0 unspecified atom stereocenters. The predicted octanol–water partition coefficient (Wildman–Crippen LogP) is 3.92. The number of nitrogens with zero attached hydrogens (tertiary/aromatic N) is 1. The summed E-state index contributed by atoms with van der Waals surface area (Å²) in [5.74, 6) is -0.105. The number of thioether (sulfide) groups is 1. The van der Waals surface area contributed by atoms with Gasteiger partial charge in [-0.3, -0.25) is 9.59 Å². The molecule has 0 fully saturated rings. The van der Waals surface area contributed by atoms with Crippen LogP contribution in [-0.4, -0.2) is 40.8 Å². The average Bonchev–Trinajstić information content (AvgIpc) is 2.39. The second-order valence-electron chi connectivity index (χ2n) is 5.80. The van der Waals surface area contributed by atoms with E-state index in [1.165, 1.54) is 4.90 Å². The van der Waals surface area contributed by atoms with Crippen LogP contribution in [0.5, 0.6) is 0 Å². The zero-order valence-corrected chi connectivity index (χ0v) is 15.4. The second-order valence-corrected chi connectivity index (χ2v) is 8.41. The third-order valence-corrected chi connectivity index (χ3v) is 4.55. The van der Waals surface area contributed by atoms with E-state index in [1.54, 1.807) is 37.0 Å². The van der Waals surface area contributed by atoms with Crippen LogP contribution >= 0.6 is 35.0 Å². The van der Waals surface area contributed by atoms with Gasteiger partial charge in [0.1, 0.15) is 0 Å². The van der Waals surface area contributed by atoms with Crippen LogP contribution in [0, 0.1) is 0 Å². The molecule has 0 bridgehead atoms. The molecule has 0 saturated heterocycles. The van der Waals surface area contributed by atoms with Gasteiger partial charge in [-0.05, 0) is 12.1 Å². The van der Waals surface area contributed by atoms with E-state index >= 15 is 0 Å². The number of halogens is 2.